The number of carbonyl (C=O) groups excluding carboxylic acids is 1. The number of rotatable bonds is 3. The first-order chi connectivity index (χ1) is 8.74. The van der Waals surface area contributed by atoms with Crippen molar-refractivity contribution in [2.75, 3.05) is 0 Å². The maximum absolute atomic E-state index is 10.8. The summed E-state index contributed by atoms with van der Waals surface area (Å²) >= 11 is 0. The highest BCUT2D eigenvalue weighted by atomic mass is 16.5. The Kier molecular flexibility index (Phi) is 3.81. The van der Waals surface area contributed by atoms with Crippen LogP contribution in [0, 0.1) is 0 Å². The van der Waals surface area contributed by atoms with E-state index in [1.165, 1.54) is 13.1 Å². The molecule has 18 heavy (non-hydrogen) atoms. The van der Waals surface area contributed by atoms with Crippen molar-refractivity contribution < 1.29 is 9.53 Å². The van der Waals surface area contributed by atoms with Gasteiger partial charge in [-0.3, -0.25) is 14.8 Å². The number of ether oxygens (including phenoxy) is 1. The second kappa shape index (κ2) is 5.72. The van der Waals surface area contributed by atoms with Crippen LogP contribution in [0.25, 0.3) is 12.2 Å². The Hall–Kier alpha value is -2.49. The monoisotopic (exact) mass is 240 g/mol. The average Bonchev–Trinajstić information content (AvgIpc) is 2.37. The lowest BCUT2D eigenvalue weighted by atomic mass is 10.2. The first-order valence-corrected chi connectivity index (χ1v) is 5.45. The zero-order valence-electron chi connectivity index (χ0n) is 9.91. The van der Waals surface area contributed by atoms with Gasteiger partial charge in [0.2, 0.25) is 0 Å². The van der Waals surface area contributed by atoms with Crippen LogP contribution < -0.4 is 4.74 Å². The van der Waals surface area contributed by atoms with E-state index in [1.807, 2.05) is 24.3 Å². The quantitative estimate of drug-likeness (QED) is 0.774. The molecule has 2 aromatic rings. The predicted molar refractivity (Wildman–Crippen MR) is 68.7 cm³/mol. The number of nitrogens with zero attached hydrogens (tertiary/aromatic N) is 2. The van der Waals surface area contributed by atoms with Gasteiger partial charge in [0.05, 0.1) is 6.20 Å². The molecule has 2 heterocycles. The molecule has 4 heteroatoms. The molecule has 0 amide bonds. The smallest absolute Gasteiger partial charge is 0.308 e. The van der Waals surface area contributed by atoms with Crippen LogP contribution in [0.2, 0.25) is 0 Å². The molecule has 0 saturated carbocycles. The van der Waals surface area contributed by atoms with Crippen molar-refractivity contribution >= 4 is 18.1 Å². The normalized spacial score (nSPS) is 10.5. The van der Waals surface area contributed by atoms with Gasteiger partial charge in [0.1, 0.15) is 5.75 Å². The standard InChI is InChI=1S/C14H12N2O2/c1-11(17)18-14-8-13(9-16-10-14)3-2-12-4-6-15-7-5-12/h2-10H,1H3/b3-2+. The van der Waals surface area contributed by atoms with E-state index in [0.717, 1.165) is 11.1 Å². The fourth-order valence-corrected chi connectivity index (χ4v) is 1.42. The second-order valence-electron chi connectivity index (χ2n) is 3.66. The molecule has 0 fully saturated rings. The summed E-state index contributed by atoms with van der Waals surface area (Å²) in [5.74, 6) is 0.0893. The van der Waals surface area contributed by atoms with Crippen LogP contribution >= 0.6 is 0 Å². The number of pyridine rings is 2. The maximum atomic E-state index is 10.8. The fraction of sp³-hybridized carbons (Fsp3) is 0.0714. The summed E-state index contributed by atoms with van der Waals surface area (Å²) in [5, 5.41) is 0. The van der Waals surface area contributed by atoms with E-state index in [-0.39, 0.29) is 5.97 Å². The fourth-order valence-electron chi connectivity index (χ4n) is 1.42. The molecule has 0 unspecified atom stereocenters. The van der Waals surface area contributed by atoms with Gasteiger partial charge in [-0.2, -0.15) is 0 Å². The molecule has 0 radical (unpaired) electrons. The zero-order valence-corrected chi connectivity index (χ0v) is 9.91. The molecular formula is C14H12N2O2. The van der Waals surface area contributed by atoms with Crippen LogP contribution in [0.4, 0.5) is 0 Å². The Morgan fingerprint density at radius 2 is 1.83 bits per heavy atom. The Balaban J connectivity index is 2.14. The van der Waals surface area contributed by atoms with Gasteiger partial charge in [-0.05, 0) is 29.3 Å². The predicted octanol–water partition coefficient (Wildman–Crippen LogP) is 2.57. The summed E-state index contributed by atoms with van der Waals surface area (Å²) in [5.41, 5.74) is 1.91. The molecule has 0 atom stereocenters. The average molecular weight is 240 g/mol. The molecule has 90 valence electrons. The molecular weight excluding hydrogens is 228 g/mol. The van der Waals surface area contributed by atoms with Gasteiger partial charge in [-0.25, -0.2) is 0 Å². The van der Waals surface area contributed by atoms with Crippen molar-refractivity contribution in [2.24, 2.45) is 0 Å². The van der Waals surface area contributed by atoms with Crippen molar-refractivity contribution in [3.63, 3.8) is 0 Å². The summed E-state index contributed by atoms with van der Waals surface area (Å²) in [7, 11) is 0. The molecule has 4 nitrogen and oxygen atoms in total. The maximum Gasteiger partial charge on any atom is 0.308 e. The van der Waals surface area contributed by atoms with Gasteiger partial charge in [0.25, 0.3) is 0 Å². The topological polar surface area (TPSA) is 52.1 Å². The lowest BCUT2D eigenvalue weighted by Gasteiger charge is -2.00. The van der Waals surface area contributed by atoms with Crippen LogP contribution in [-0.2, 0) is 4.79 Å². The van der Waals surface area contributed by atoms with Crippen molar-refractivity contribution in [1.82, 2.24) is 9.97 Å². The summed E-state index contributed by atoms with van der Waals surface area (Å²) in [6, 6.07) is 5.56. The number of esters is 1. The molecule has 0 aliphatic carbocycles. The molecule has 0 saturated heterocycles. The third kappa shape index (κ3) is 3.52. The molecule has 0 aliphatic heterocycles. The Labute approximate surface area is 105 Å². The first kappa shape index (κ1) is 12.0. The largest absolute Gasteiger partial charge is 0.425 e. The van der Waals surface area contributed by atoms with E-state index in [4.69, 9.17) is 4.74 Å². The van der Waals surface area contributed by atoms with Crippen molar-refractivity contribution in [1.29, 1.82) is 0 Å². The van der Waals surface area contributed by atoms with Crippen LogP contribution in [0.5, 0.6) is 5.75 Å². The van der Waals surface area contributed by atoms with Gasteiger partial charge in [0, 0.05) is 25.5 Å². The zero-order chi connectivity index (χ0) is 12.8. The highest BCUT2D eigenvalue weighted by Gasteiger charge is 1.98. The Bertz CT molecular complexity index is 565. The van der Waals surface area contributed by atoms with Gasteiger partial charge in [-0.1, -0.05) is 12.2 Å². The first-order valence-electron chi connectivity index (χ1n) is 5.45. The lowest BCUT2D eigenvalue weighted by molar-refractivity contribution is -0.131. The molecule has 0 aliphatic rings. The number of hydrogen-bond acceptors (Lipinski definition) is 4. The van der Waals surface area contributed by atoms with E-state index in [0.29, 0.717) is 5.75 Å². The Morgan fingerprint density at radius 1 is 1.11 bits per heavy atom. The third-order valence-corrected chi connectivity index (χ3v) is 2.17. The van der Waals surface area contributed by atoms with Crippen molar-refractivity contribution in [2.45, 2.75) is 6.92 Å². The van der Waals surface area contributed by atoms with Crippen LogP contribution in [0.3, 0.4) is 0 Å². The number of hydrogen-bond donors (Lipinski definition) is 0. The van der Waals surface area contributed by atoms with E-state index < -0.39 is 0 Å². The highest BCUT2D eigenvalue weighted by molar-refractivity contribution is 5.71. The van der Waals surface area contributed by atoms with Crippen LogP contribution in [0.15, 0.2) is 43.0 Å². The van der Waals surface area contributed by atoms with Crippen molar-refractivity contribution in [3.05, 3.63) is 54.1 Å². The SMILES string of the molecule is CC(=O)Oc1cncc(/C=C/c2ccncc2)c1. The van der Waals surface area contributed by atoms with Crippen LogP contribution in [0.1, 0.15) is 18.1 Å². The lowest BCUT2D eigenvalue weighted by Crippen LogP contribution is -2.01. The molecule has 2 rings (SSSR count). The summed E-state index contributed by atoms with van der Waals surface area (Å²) < 4.78 is 4.96. The van der Waals surface area contributed by atoms with Crippen LogP contribution in [-0.4, -0.2) is 15.9 Å². The Morgan fingerprint density at radius 3 is 2.56 bits per heavy atom. The van der Waals surface area contributed by atoms with E-state index in [2.05, 4.69) is 9.97 Å². The second-order valence-corrected chi connectivity index (χ2v) is 3.66. The molecule has 0 N–H and O–H groups in total. The molecule has 0 spiro atoms. The third-order valence-electron chi connectivity index (χ3n) is 2.17. The number of aromatic nitrogens is 2. The number of carbonyl (C=O) groups is 1. The minimum Gasteiger partial charge on any atom is -0.425 e. The summed E-state index contributed by atoms with van der Waals surface area (Å²) in [6.07, 6.45) is 10.5. The van der Waals surface area contributed by atoms with Crippen molar-refractivity contribution in [3.8, 4) is 5.75 Å². The minimum atomic E-state index is -0.355. The van der Waals surface area contributed by atoms with Gasteiger partial charge in [0.15, 0.2) is 0 Å². The molecule has 2 aromatic heterocycles. The van der Waals surface area contributed by atoms with Gasteiger partial charge < -0.3 is 4.74 Å². The highest BCUT2D eigenvalue weighted by Crippen LogP contribution is 2.14. The van der Waals surface area contributed by atoms with E-state index in [9.17, 15) is 4.79 Å². The molecule has 0 bridgehead atoms. The summed E-state index contributed by atoms with van der Waals surface area (Å²) in [6.45, 7) is 1.36. The van der Waals surface area contributed by atoms with E-state index >= 15 is 0 Å². The van der Waals surface area contributed by atoms with E-state index in [1.54, 1.807) is 24.7 Å². The molecule has 0 aromatic carbocycles. The minimum absolute atomic E-state index is 0.355. The van der Waals surface area contributed by atoms with Gasteiger partial charge >= 0.3 is 5.97 Å². The van der Waals surface area contributed by atoms with Gasteiger partial charge in [-0.15, -0.1) is 0 Å². The summed E-state index contributed by atoms with van der Waals surface area (Å²) in [4.78, 5) is 18.8.